The van der Waals surface area contributed by atoms with Gasteiger partial charge < -0.3 is 10.1 Å². The number of carbonyl (C=O) groups is 1. The number of amides is 1. The molecular formula is C13H12BrClN2O2S. The minimum Gasteiger partial charge on any atom is -0.495 e. The van der Waals surface area contributed by atoms with Gasteiger partial charge in [-0.05, 0) is 37.4 Å². The molecule has 0 spiro atoms. The fraction of sp³-hybridized carbons (Fsp3) is 0.231. The van der Waals surface area contributed by atoms with Crippen LogP contribution in [0.2, 0.25) is 5.02 Å². The molecule has 0 saturated carbocycles. The molecule has 1 aromatic rings. The Morgan fingerprint density at radius 3 is 2.80 bits per heavy atom. The van der Waals surface area contributed by atoms with Gasteiger partial charge in [0.2, 0.25) is 0 Å². The number of nitrogens with zero attached hydrogens (tertiary/aromatic N) is 1. The highest BCUT2D eigenvalue weighted by atomic mass is 79.9. The van der Waals surface area contributed by atoms with E-state index in [1.54, 1.807) is 12.1 Å². The summed E-state index contributed by atoms with van der Waals surface area (Å²) in [5.41, 5.74) is 1.10. The molecule has 1 fully saturated rings. The lowest BCUT2D eigenvalue weighted by atomic mass is 10.1. The maximum atomic E-state index is 12.1. The van der Waals surface area contributed by atoms with Crippen LogP contribution in [0.1, 0.15) is 12.5 Å². The molecule has 1 aliphatic rings. The van der Waals surface area contributed by atoms with E-state index >= 15 is 0 Å². The third-order valence-electron chi connectivity index (χ3n) is 2.82. The number of thiocarbonyl (C=S) groups is 1. The Hall–Kier alpha value is -1.11. The summed E-state index contributed by atoms with van der Waals surface area (Å²) in [5.74, 6) is 0.355. The minimum absolute atomic E-state index is 0.157. The number of methoxy groups -OCH3 is 1. The van der Waals surface area contributed by atoms with Gasteiger partial charge in [-0.1, -0.05) is 27.5 Å². The SMILES string of the molecule is CCN1C(=O)/C(=C/c2cc(Br)cc(Cl)c2OC)NC1=S. The lowest BCUT2D eigenvalue weighted by molar-refractivity contribution is -0.122. The van der Waals surface area contributed by atoms with Crippen molar-refractivity contribution in [3.05, 3.63) is 32.9 Å². The molecule has 2 rings (SSSR count). The van der Waals surface area contributed by atoms with Gasteiger partial charge in [-0.2, -0.15) is 0 Å². The molecule has 20 heavy (non-hydrogen) atoms. The van der Waals surface area contributed by atoms with Crippen LogP contribution in [-0.2, 0) is 4.79 Å². The van der Waals surface area contributed by atoms with Crippen LogP contribution in [0.4, 0.5) is 0 Å². The Morgan fingerprint density at radius 2 is 2.25 bits per heavy atom. The maximum absolute atomic E-state index is 12.1. The predicted octanol–water partition coefficient (Wildman–Crippen LogP) is 3.19. The molecule has 0 radical (unpaired) electrons. The number of hydrogen-bond donors (Lipinski definition) is 1. The van der Waals surface area contributed by atoms with E-state index in [0.717, 1.165) is 4.47 Å². The van der Waals surface area contributed by atoms with E-state index < -0.39 is 0 Å². The van der Waals surface area contributed by atoms with E-state index in [1.165, 1.54) is 12.0 Å². The molecule has 1 amide bonds. The average Bonchev–Trinajstić information content (AvgIpc) is 2.63. The monoisotopic (exact) mass is 374 g/mol. The number of nitrogens with one attached hydrogen (secondary N) is 1. The number of carbonyl (C=O) groups excluding carboxylic acids is 1. The first-order valence-electron chi connectivity index (χ1n) is 5.85. The first-order valence-corrected chi connectivity index (χ1v) is 7.43. The fourth-order valence-electron chi connectivity index (χ4n) is 1.92. The van der Waals surface area contributed by atoms with Crippen LogP contribution in [0.3, 0.4) is 0 Å². The lowest BCUT2D eigenvalue weighted by Gasteiger charge is -2.09. The average molecular weight is 376 g/mol. The minimum atomic E-state index is -0.157. The van der Waals surface area contributed by atoms with E-state index in [9.17, 15) is 4.79 Å². The molecule has 1 aliphatic heterocycles. The summed E-state index contributed by atoms with van der Waals surface area (Å²) >= 11 is 14.6. The van der Waals surface area contributed by atoms with Gasteiger partial charge in [-0.15, -0.1) is 0 Å². The zero-order valence-electron chi connectivity index (χ0n) is 10.9. The smallest absolute Gasteiger partial charge is 0.276 e. The van der Waals surface area contributed by atoms with E-state index in [-0.39, 0.29) is 5.91 Å². The Morgan fingerprint density at radius 1 is 1.55 bits per heavy atom. The normalized spacial score (nSPS) is 16.8. The summed E-state index contributed by atoms with van der Waals surface area (Å²) in [5, 5.41) is 3.77. The van der Waals surface area contributed by atoms with Crippen molar-refractivity contribution in [2.75, 3.05) is 13.7 Å². The van der Waals surface area contributed by atoms with Crippen molar-refractivity contribution >= 4 is 56.8 Å². The van der Waals surface area contributed by atoms with Gasteiger partial charge in [0.05, 0.1) is 12.1 Å². The highest BCUT2D eigenvalue weighted by Gasteiger charge is 2.29. The Bertz CT molecular complexity index is 619. The molecule has 4 nitrogen and oxygen atoms in total. The van der Waals surface area contributed by atoms with Crippen LogP contribution < -0.4 is 10.1 Å². The van der Waals surface area contributed by atoms with Gasteiger partial charge >= 0.3 is 0 Å². The second-order valence-electron chi connectivity index (χ2n) is 4.05. The van der Waals surface area contributed by atoms with Crippen LogP contribution in [0.5, 0.6) is 5.75 Å². The molecule has 1 aromatic carbocycles. The highest BCUT2D eigenvalue weighted by Crippen LogP contribution is 2.34. The predicted molar refractivity (Wildman–Crippen MR) is 86.8 cm³/mol. The van der Waals surface area contributed by atoms with Gasteiger partial charge in [0, 0.05) is 16.6 Å². The van der Waals surface area contributed by atoms with Crippen molar-refractivity contribution in [1.82, 2.24) is 10.2 Å². The second kappa shape index (κ2) is 6.11. The van der Waals surface area contributed by atoms with Crippen molar-refractivity contribution < 1.29 is 9.53 Å². The summed E-state index contributed by atoms with van der Waals surface area (Å²) in [6.45, 7) is 2.39. The molecule has 7 heteroatoms. The van der Waals surface area contributed by atoms with Gasteiger partial charge in [-0.25, -0.2) is 0 Å². The van der Waals surface area contributed by atoms with Gasteiger partial charge in [0.15, 0.2) is 5.11 Å². The third-order valence-corrected chi connectivity index (χ3v) is 3.88. The van der Waals surface area contributed by atoms with E-state index in [0.29, 0.717) is 33.7 Å². The van der Waals surface area contributed by atoms with Crippen molar-refractivity contribution in [3.63, 3.8) is 0 Å². The molecule has 0 bridgehead atoms. The first kappa shape index (κ1) is 15.3. The van der Waals surface area contributed by atoms with Gasteiger partial charge in [0.25, 0.3) is 5.91 Å². The quantitative estimate of drug-likeness (QED) is 0.651. The standard InChI is InChI=1S/C13H12BrClN2O2S/c1-3-17-12(18)10(16-13(17)20)5-7-4-8(14)6-9(15)11(7)19-2/h4-6H,3H2,1-2H3,(H,16,20)/b10-5-. The molecule has 1 saturated heterocycles. The number of rotatable bonds is 3. The third kappa shape index (κ3) is 2.82. The van der Waals surface area contributed by atoms with Crippen molar-refractivity contribution in [2.24, 2.45) is 0 Å². The molecular weight excluding hydrogens is 364 g/mol. The van der Waals surface area contributed by atoms with Crippen molar-refractivity contribution in [1.29, 1.82) is 0 Å². The molecule has 0 aliphatic carbocycles. The molecule has 1 N–H and O–H groups in total. The topological polar surface area (TPSA) is 41.6 Å². The van der Waals surface area contributed by atoms with Crippen LogP contribution >= 0.6 is 39.7 Å². The zero-order chi connectivity index (χ0) is 14.9. The number of likely N-dealkylation sites (N-methyl/N-ethyl adjacent to an activating group) is 1. The van der Waals surface area contributed by atoms with E-state index in [2.05, 4.69) is 21.2 Å². The summed E-state index contributed by atoms with van der Waals surface area (Å²) < 4.78 is 6.08. The molecule has 0 atom stereocenters. The van der Waals surface area contributed by atoms with Gasteiger partial charge in [-0.3, -0.25) is 9.69 Å². The van der Waals surface area contributed by atoms with Crippen LogP contribution in [-0.4, -0.2) is 29.6 Å². The van der Waals surface area contributed by atoms with E-state index in [1.807, 2.05) is 13.0 Å². The van der Waals surface area contributed by atoms with Crippen LogP contribution in [0.15, 0.2) is 22.3 Å². The van der Waals surface area contributed by atoms with E-state index in [4.69, 9.17) is 28.6 Å². The van der Waals surface area contributed by atoms with Crippen molar-refractivity contribution in [3.8, 4) is 5.75 Å². The molecule has 0 unspecified atom stereocenters. The lowest BCUT2D eigenvalue weighted by Crippen LogP contribution is -2.30. The van der Waals surface area contributed by atoms with Crippen molar-refractivity contribution in [2.45, 2.75) is 6.92 Å². The molecule has 1 heterocycles. The number of benzene rings is 1. The Balaban J connectivity index is 2.46. The largest absolute Gasteiger partial charge is 0.495 e. The summed E-state index contributed by atoms with van der Waals surface area (Å²) in [4.78, 5) is 13.6. The maximum Gasteiger partial charge on any atom is 0.276 e. The second-order valence-corrected chi connectivity index (χ2v) is 5.76. The summed E-state index contributed by atoms with van der Waals surface area (Å²) in [6.07, 6.45) is 1.68. The zero-order valence-corrected chi connectivity index (χ0v) is 14.0. The number of ether oxygens (including phenoxy) is 1. The number of hydrogen-bond acceptors (Lipinski definition) is 3. The molecule has 0 aromatic heterocycles. The van der Waals surface area contributed by atoms with Crippen LogP contribution in [0.25, 0.3) is 6.08 Å². The summed E-state index contributed by atoms with van der Waals surface area (Å²) in [6, 6.07) is 3.56. The van der Waals surface area contributed by atoms with Crippen LogP contribution in [0, 0.1) is 0 Å². The Kier molecular flexibility index (Phi) is 4.67. The highest BCUT2D eigenvalue weighted by molar-refractivity contribution is 9.10. The Labute approximate surface area is 135 Å². The first-order chi connectivity index (χ1) is 9.47. The summed E-state index contributed by atoms with van der Waals surface area (Å²) in [7, 11) is 1.53. The fourth-order valence-corrected chi connectivity index (χ4v) is 3.15. The number of halogens is 2. The van der Waals surface area contributed by atoms with Gasteiger partial charge in [0.1, 0.15) is 11.4 Å². The molecule has 106 valence electrons.